The summed E-state index contributed by atoms with van der Waals surface area (Å²) >= 11 is 0. The van der Waals surface area contributed by atoms with Crippen LogP contribution in [0.3, 0.4) is 0 Å². The molecule has 4 heteroatoms. The number of anilines is 1. The Kier molecular flexibility index (Phi) is 2.46. The first-order valence-electron chi connectivity index (χ1n) is 5.40. The van der Waals surface area contributed by atoms with Crippen molar-refractivity contribution in [2.45, 2.75) is 6.54 Å². The predicted molar refractivity (Wildman–Crippen MR) is 65.6 cm³/mol. The number of pyridine rings is 1. The van der Waals surface area contributed by atoms with Crippen LogP contribution in [0.15, 0.2) is 53.4 Å². The molecule has 84 valence electrons. The lowest BCUT2D eigenvalue weighted by atomic mass is 10.1. The third kappa shape index (κ3) is 1.97. The molecule has 0 amide bonds. The first-order valence-corrected chi connectivity index (χ1v) is 5.40. The maximum absolute atomic E-state index is 4.78. The average Bonchev–Trinajstić information content (AvgIpc) is 2.89. The Labute approximate surface area is 98.3 Å². The van der Waals surface area contributed by atoms with E-state index in [-0.39, 0.29) is 0 Å². The molecular weight excluding hydrogens is 214 g/mol. The Morgan fingerprint density at radius 1 is 1.12 bits per heavy atom. The second-order valence-electron chi connectivity index (χ2n) is 3.73. The second kappa shape index (κ2) is 4.25. The number of benzene rings is 1. The standard InChI is InChI=1S/C13H11N3O/c1-2-4-12-10(3-1)5-7-14-13(12)15-9-11-6-8-17-16-11/h1-8H,9H2,(H,14,15). The van der Waals surface area contributed by atoms with E-state index in [4.69, 9.17) is 4.52 Å². The molecule has 2 aromatic heterocycles. The van der Waals surface area contributed by atoms with Crippen LogP contribution < -0.4 is 5.32 Å². The van der Waals surface area contributed by atoms with E-state index in [1.807, 2.05) is 30.3 Å². The molecule has 4 nitrogen and oxygen atoms in total. The summed E-state index contributed by atoms with van der Waals surface area (Å²) < 4.78 is 4.78. The van der Waals surface area contributed by atoms with Gasteiger partial charge in [-0.15, -0.1) is 0 Å². The quantitative estimate of drug-likeness (QED) is 0.744. The molecule has 0 saturated heterocycles. The van der Waals surface area contributed by atoms with E-state index < -0.39 is 0 Å². The third-order valence-corrected chi connectivity index (χ3v) is 2.60. The predicted octanol–water partition coefficient (Wildman–Crippen LogP) is 2.83. The maximum Gasteiger partial charge on any atom is 0.134 e. The molecule has 0 bridgehead atoms. The number of hydrogen-bond donors (Lipinski definition) is 1. The summed E-state index contributed by atoms with van der Waals surface area (Å²) in [5.74, 6) is 0.867. The van der Waals surface area contributed by atoms with Gasteiger partial charge < -0.3 is 9.84 Å². The molecule has 2 heterocycles. The van der Waals surface area contributed by atoms with Gasteiger partial charge in [-0.2, -0.15) is 0 Å². The third-order valence-electron chi connectivity index (χ3n) is 2.60. The van der Waals surface area contributed by atoms with Crippen LogP contribution in [0.4, 0.5) is 5.82 Å². The second-order valence-corrected chi connectivity index (χ2v) is 3.73. The van der Waals surface area contributed by atoms with Crippen LogP contribution >= 0.6 is 0 Å². The number of hydrogen-bond acceptors (Lipinski definition) is 4. The maximum atomic E-state index is 4.78. The topological polar surface area (TPSA) is 51.0 Å². The first kappa shape index (κ1) is 9.84. The van der Waals surface area contributed by atoms with Crippen LogP contribution in [-0.4, -0.2) is 10.1 Å². The molecule has 0 aliphatic carbocycles. The Bertz CT molecular complexity index is 614. The zero-order valence-electron chi connectivity index (χ0n) is 9.13. The Hall–Kier alpha value is -2.36. The molecule has 3 rings (SSSR count). The minimum absolute atomic E-state index is 0.609. The lowest BCUT2D eigenvalue weighted by molar-refractivity contribution is 0.412. The molecule has 0 unspecified atom stereocenters. The highest BCUT2D eigenvalue weighted by molar-refractivity contribution is 5.91. The molecule has 0 aliphatic heterocycles. The Morgan fingerprint density at radius 3 is 2.94 bits per heavy atom. The fourth-order valence-corrected chi connectivity index (χ4v) is 1.76. The molecule has 1 N–H and O–H groups in total. The summed E-state index contributed by atoms with van der Waals surface area (Å²) in [7, 11) is 0. The monoisotopic (exact) mass is 225 g/mol. The Morgan fingerprint density at radius 2 is 2.06 bits per heavy atom. The van der Waals surface area contributed by atoms with E-state index in [2.05, 4.69) is 21.5 Å². The van der Waals surface area contributed by atoms with Gasteiger partial charge in [0.15, 0.2) is 0 Å². The van der Waals surface area contributed by atoms with Gasteiger partial charge in [0.05, 0.1) is 6.54 Å². The number of rotatable bonds is 3. The van der Waals surface area contributed by atoms with Crippen molar-refractivity contribution in [1.82, 2.24) is 10.1 Å². The highest BCUT2D eigenvalue weighted by Crippen LogP contribution is 2.20. The molecule has 0 atom stereocenters. The number of nitrogens with one attached hydrogen (secondary N) is 1. The molecule has 17 heavy (non-hydrogen) atoms. The summed E-state index contributed by atoms with van der Waals surface area (Å²) in [5, 5.41) is 9.38. The molecule has 3 aromatic rings. The SMILES string of the molecule is c1ccc2c(NCc3ccon3)nccc2c1. The van der Waals surface area contributed by atoms with Crippen LogP contribution in [0, 0.1) is 0 Å². The van der Waals surface area contributed by atoms with Crippen molar-refractivity contribution in [3.05, 3.63) is 54.6 Å². The van der Waals surface area contributed by atoms with Crippen LogP contribution in [0.1, 0.15) is 5.69 Å². The van der Waals surface area contributed by atoms with Gasteiger partial charge in [-0.25, -0.2) is 4.98 Å². The van der Waals surface area contributed by atoms with Crippen LogP contribution in [0.25, 0.3) is 10.8 Å². The Balaban J connectivity index is 1.90. The van der Waals surface area contributed by atoms with Gasteiger partial charge >= 0.3 is 0 Å². The minimum Gasteiger partial charge on any atom is -0.364 e. The molecule has 0 spiro atoms. The van der Waals surface area contributed by atoms with Crippen LogP contribution in [0.5, 0.6) is 0 Å². The number of aromatic nitrogens is 2. The smallest absolute Gasteiger partial charge is 0.134 e. The van der Waals surface area contributed by atoms with Gasteiger partial charge in [0, 0.05) is 17.6 Å². The summed E-state index contributed by atoms with van der Waals surface area (Å²) in [4.78, 5) is 4.34. The fraction of sp³-hybridized carbons (Fsp3) is 0.0769. The van der Waals surface area contributed by atoms with Gasteiger partial charge in [-0.3, -0.25) is 0 Å². The number of nitrogens with zero attached hydrogens (tertiary/aromatic N) is 2. The van der Waals surface area contributed by atoms with E-state index >= 15 is 0 Å². The zero-order valence-corrected chi connectivity index (χ0v) is 9.13. The van der Waals surface area contributed by atoms with Crippen molar-refractivity contribution in [3.63, 3.8) is 0 Å². The lowest BCUT2D eigenvalue weighted by Gasteiger charge is -2.06. The van der Waals surface area contributed by atoms with Gasteiger partial charge in [-0.05, 0) is 11.5 Å². The highest BCUT2D eigenvalue weighted by Gasteiger charge is 2.02. The summed E-state index contributed by atoms with van der Waals surface area (Å²) in [6.45, 7) is 0.609. The first-order chi connectivity index (χ1) is 8.43. The van der Waals surface area contributed by atoms with Crippen LogP contribution in [-0.2, 0) is 6.54 Å². The fourth-order valence-electron chi connectivity index (χ4n) is 1.76. The molecule has 0 saturated carbocycles. The van der Waals surface area contributed by atoms with Crippen molar-refractivity contribution in [2.24, 2.45) is 0 Å². The molecule has 0 fully saturated rings. The summed E-state index contributed by atoms with van der Waals surface area (Å²) in [6.07, 6.45) is 3.36. The van der Waals surface area contributed by atoms with E-state index in [9.17, 15) is 0 Å². The van der Waals surface area contributed by atoms with Gasteiger partial charge in [-0.1, -0.05) is 29.4 Å². The van der Waals surface area contributed by atoms with Crippen molar-refractivity contribution < 1.29 is 4.52 Å². The van der Waals surface area contributed by atoms with E-state index in [1.165, 1.54) is 5.39 Å². The minimum atomic E-state index is 0.609. The van der Waals surface area contributed by atoms with Crippen molar-refractivity contribution in [2.75, 3.05) is 5.32 Å². The lowest BCUT2D eigenvalue weighted by Crippen LogP contribution is -2.01. The van der Waals surface area contributed by atoms with Crippen molar-refractivity contribution in [3.8, 4) is 0 Å². The molecular formula is C13H11N3O. The van der Waals surface area contributed by atoms with E-state index in [1.54, 1.807) is 12.5 Å². The largest absolute Gasteiger partial charge is 0.364 e. The average molecular weight is 225 g/mol. The van der Waals surface area contributed by atoms with E-state index in [0.29, 0.717) is 6.54 Å². The molecule has 0 radical (unpaired) electrons. The summed E-state index contributed by atoms with van der Waals surface area (Å²) in [6, 6.07) is 12.0. The zero-order chi connectivity index (χ0) is 11.5. The van der Waals surface area contributed by atoms with Gasteiger partial charge in [0.1, 0.15) is 17.8 Å². The van der Waals surface area contributed by atoms with Gasteiger partial charge in [0.25, 0.3) is 0 Å². The molecule has 0 aliphatic rings. The van der Waals surface area contributed by atoms with E-state index in [0.717, 1.165) is 16.9 Å². The summed E-state index contributed by atoms with van der Waals surface area (Å²) in [5.41, 5.74) is 0.861. The highest BCUT2D eigenvalue weighted by atomic mass is 16.5. The van der Waals surface area contributed by atoms with Gasteiger partial charge in [0.2, 0.25) is 0 Å². The number of fused-ring (bicyclic) bond motifs is 1. The van der Waals surface area contributed by atoms with Crippen molar-refractivity contribution >= 4 is 16.6 Å². The normalized spacial score (nSPS) is 10.6. The van der Waals surface area contributed by atoms with Crippen molar-refractivity contribution in [1.29, 1.82) is 0 Å². The van der Waals surface area contributed by atoms with Crippen LogP contribution in [0.2, 0.25) is 0 Å². The molecule has 1 aromatic carbocycles.